The molecule has 8 nitrogen and oxygen atoms in total. The summed E-state index contributed by atoms with van der Waals surface area (Å²) in [6.45, 7) is 6.97. The van der Waals surface area contributed by atoms with Crippen molar-refractivity contribution in [2.45, 2.75) is 6.92 Å². The lowest BCUT2D eigenvalue weighted by Gasteiger charge is -2.36. The quantitative estimate of drug-likeness (QED) is 0.824. The molecule has 2 amide bonds. The van der Waals surface area contributed by atoms with Gasteiger partial charge in [0, 0.05) is 57.1 Å². The molecule has 1 aromatic carbocycles. The monoisotopic (exact) mass is 418 g/mol. The van der Waals surface area contributed by atoms with Crippen molar-refractivity contribution < 1.29 is 18.3 Å². The van der Waals surface area contributed by atoms with Gasteiger partial charge in [-0.25, -0.2) is 23.5 Å². The number of benzene rings is 1. The van der Waals surface area contributed by atoms with E-state index in [-0.39, 0.29) is 11.7 Å². The van der Waals surface area contributed by atoms with Crippen LogP contribution in [0.15, 0.2) is 24.3 Å². The number of urea groups is 1. The molecule has 1 aromatic heterocycles. The molecule has 0 spiro atoms. The highest BCUT2D eigenvalue weighted by molar-refractivity contribution is 5.89. The zero-order chi connectivity index (χ0) is 21.1. The summed E-state index contributed by atoms with van der Waals surface area (Å²) < 4.78 is 32.1. The van der Waals surface area contributed by atoms with Crippen molar-refractivity contribution in [3.63, 3.8) is 0 Å². The molecule has 0 saturated carbocycles. The van der Waals surface area contributed by atoms with Gasteiger partial charge in [0.1, 0.15) is 29.1 Å². The molecule has 4 rings (SSSR count). The number of rotatable bonds is 3. The molecule has 0 atom stereocenters. The summed E-state index contributed by atoms with van der Waals surface area (Å²) in [7, 11) is 0. The first-order chi connectivity index (χ1) is 14.5. The van der Waals surface area contributed by atoms with Crippen LogP contribution in [0.5, 0.6) is 0 Å². The zero-order valence-corrected chi connectivity index (χ0v) is 16.8. The first kappa shape index (κ1) is 20.3. The van der Waals surface area contributed by atoms with Gasteiger partial charge in [-0.1, -0.05) is 0 Å². The summed E-state index contributed by atoms with van der Waals surface area (Å²) >= 11 is 0. The molecule has 2 aliphatic heterocycles. The predicted molar refractivity (Wildman–Crippen MR) is 109 cm³/mol. The van der Waals surface area contributed by atoms with E-state index in [1.165, 1.54) is 0 Å². The second-order valence-corrected chi connectivity index (χ2v) is 7.29. The van der Waals surface area contributed by atoms with Crippen LogP contribution in [-0.4, -0.2) is 73.4 Å². The van der Waals surface area contributed by atoms with Crippen molar-refractivity contribution >= 4 is 23.4 Å². The van der Waals surface area contributed by atoms with Crippen molar-refractivity contribution in [2.24, 2.45) is 0 Å². The summed E-state index contributed by atoms with van der Waals surface area (Å²) in [5, 5.41) is 2.55. The summed E-state index contributed by atoms with van der Waals surface area (Å²) in [6.07, 6.45) is 0. The molecular weight excluding hydrogens is 394 g/mol. The number of anilines is 3. The third-order valence-corrected chi connectivity index (χ3v) is 5.15. The normalized spacial score (nSPS) is 17.2. The molecule has 0 unspecified atom stereocenters. The highest BCUT2D eigenvalue weighted by atomic mass is 19.1. The van der Waals surface area contributed by atoms with Gasteiger partial charge in [-0.05, 0) is 19.1 Å². The van der Waals surface area contributed by atoms with Crippen molar-refractivity contribution in [3.8, 4) is 0 Å². The van der Waals surface area contributed by atoms with Crippen LogP contribution in [0.3, 0.4) is 0 Å². The topological polar surface area (TPSA) is 73.8 Å². The second kappa shape index (κ2) is 8.78. The Kier molecular flexibility index (Phi) is 5.93. The fourth-order valence-electron chi connectivity index (χ4n) is 3.62. The van der Waals surface area contributed by atoms with Crippen LogP contribution in [0.1, 0.15) is 5.82 Å². The Bertz CT molecular complexity index is 894. The largest absolute Gasteiger partial charge is 0.378 e. The van der Waals surface area contributed by atoms with Crippen LogP contribution in [0.4, 0.5) is 30.9 Å². The van der Waals surface area contributed by atoms with Gasteiger partial charge in [-0.3, -0.25) is 0 Å². The summed E-state index contributed by atoms with van der Waals surface area (Å²) in [6, 6.07) is 4.54. The maximum Gasteiger partial charge on any atom is 0.321 e. The molecule has 0 radical (unpaired) electrons. The number of carbonyl (C=O) groups is 1. The van der Waals surface area contributed by atoms with E-state index in [0.717, 1.165) is 42.9 Å². The van der Waals surface area contributed by atoms with Crippen LogP contribution >= 0.6 is 0 Å². The number of amides is 2. The molecule has 2 saturated heterocycles. The van der Waals surface area contributed by atoms with Gasteiger partial charge in [0.15, 0.2) is 0 Å². The lowest BCUT2D eigenvalue weighted by Crippen LogP contribution is -2.50. The number of ether oxygens (including phenoxy) is 1. The van der Waals surface area contributed by atoms with Crippen LogP contribution in [0, 0.1) is 18.6 Å². The standard InChI is InChI=1S/C20H24F2N6O2/c1-14-23-18(13-19(24-14)27-6-8-30-9-7-27)26-2-4-28(5-3-26)20(29)25-17-11-15(21)10-16(22)12-17/h10-13H,2-9H2,1H3,(H,25,29). The summed E-state index contributed by atoms with van der Waals surface area (Å²) in [5.41, 5.74) is 0.0986. The van der Waals surface area contributed by atoms with E-state index in [4.69, 9.17) is 4.74 Å². The average molecular weight is 418 g/mol. The third kappa shape index (κ3) is 4.76. The van der Waals surface area contributed by atoms with Crippen molar-refractivity contribution in [3.05, 3.63) is 41.7 Å². The number of halogens is 2. The van der Waals surface area contributed by atoms with Gasteiger partial charge in [-0.15, -0.1) is 0 Å². The lowest BCUT2D eigenvalue weighted by atomic mass is 10.3. The molecule has 30 heavy (non-hydrogen) atoms. The minimum Gasteiger partial charge on any atom is -0.378 e. The highest BCUT2D eigenvalue weighted by Gasteiger charge is 2.24. The number of piperazine rings is 1. The first-order valence-electron chi connectivity index (χ1n) is 9.93. The Morgan fingerprint density at radius 3 is 2.07 bits per heavy atom. The summed E-state index contributed by atoms with van der Waals surface area (Å²) in [5.74, 6) is 0.947. The first-order valence-corrected chi connectivity index (χ1v) is 9.93. The number of aromatic nitrogens is 2. The van der Waals surface area contributed by atoms with Crippen LogP contribution in [0.2, 0.25) is 0 Å². The van der Waals surface area contributed by atoms with Crippen LogP contribution < -0.4 is 15.1 Å². The van der Waals surface area contributed by atoms with E-state index < -0.39 is 11.6 Å². The molecule has 3 heterocycles. The number of carbonyl (C=O) groups excluding carboxylic acids is 1. The Morgan fingerprint density at radius 1 is 0.900 bits per heavy atom. The molecule has 160 valence electrons. The summed E-state index contributed by atoms with van der Waals surface area (Å²) in [4.78, 5) is 27.5. The van der Waals surface area contributed by atoms with E-state index in [0.29, 0.717) is 45.2 Å². The molecule has 0 bridgehead atoms. The predicted octanol–water partition coefficient (Wildman–Crippen LogP) is 2.25. The van der Waals surface area contributed by atoms with Gasteiger partial charge in [-0.2, -0.15) is 0 Å². The Balaban J connectivity index is 1.38. The Hall–Kier alpha value is -3.01. The van der Waals surface area contributed by atoms with E-state index in [1.54, 1.807) is 4.90 Å². The van der Waals surface area contributed by atoms with Gasteiger partial charge in [0.05, 0.1) is 13.2 Å². The SMILES string of the molecule is Cc1nc(N2CCOCC2)cc(N2CCN(C(=O)Nc3cc(F)cc(F)c3)CC2)n1. The average Bonchev–Trinajstić information content (AvgIpc) is 2.73. The number of hydrogen-bond acceptors (Lipinski definition) is 6. The lowest BCUT2D eigenvalue weighted by molar-refractivity contribution is 0.122. The molecule has 0 aliphatic carbocycles. The molecule has 2 aliphatic rings. The zero-order valence-electron chi connectivity index (χ0n) is 16.8. The number of morpholine rings is 1. The van der Waals surface area contributed by atoms with Gasteiger partial charge >= 0.3 is 6.03 Å². The number of nitrogens with zero attached hydrogens (tertiary/aromatic N) is 5. The molecular formula is C20H24F2N6O2. The van der Waals surface area contributed by atoms with Gasteiger partial charge in [0.2, 0.25) is 0 Å². The smallest absolute Gasteiger partial charge is 0.321 e. The highest BCUT2D eigenvalue weighted by Crippen LogP contribution is 2.22. The molecule has 2 aromatic rings. The van der Waals surface area contributed by atoms with Gasteiger partial charge < -0.3 is 24.8 Å². The minimum absolute atomic E-state index is 0.0986. The number of nitrogens with one attached hydrogen (secondary N) is 1. The number of aryl methyl sites for hydroxylation is 1. The van der Waals surface area contributed by atoms with Crippen molar-refractivity contribution in [1.29, 1.82) is 0 Å². The second-order valence-electron chi connectivity index (χ2n) is 7.29. The van der Waals surface area contributed by atoms with Crippen molar-refractivity contribution in [2.75, 3.05) is 67.6 Å². The third-order valence-electron chi connectivity index (χ3n) is 5.15. The number of hydrogen-bond donors (Lipinski definition) is 1. The van der Waals surface area contributed by atoms with E-state index >= 15 is 0 Å². The van der Waals surface area contributed by atoms with E-state index in [9.17, 15) is 13.6 Å². The fourth-order valence-corrected chi connectivity index (χ4v) is 3.62. The Morgan fingerprint density at radius 2 is 1.47 bits per heavy atom. The molecule has 10 heteroatoms. The Labute approximate surface area is 173 Å². The molecule has 1 N–H and O–H groups in total. The van der Waals surface area contributed by atoms with Crippen LogP contribution in [0.25, 0.3) is 0 Å². The van der Waals surface area contributed by atoms with Crippen molar-refractivity contribution in [1.82, 2.24) is 14.9 Å². The maximum absolute atomic E-state index is 13.3. The van der Waals surface area contributed by atoms with Gasteiger partial charge in [0.25, 0.3) is 0 Å². The maximum atomic E-state index is 13.3. The minimum atomic E-state index is -0.731. The van der Waals surface area contributed by atoms with E-state index in [1.807, 2.05) is 13.0 Å². The van der Waals surface area contributed by atoms with E-state index in [2.05, 4.69) is 25.1 Å². The molecule has 2 fully saturated rings. The van der Waals surface area contributed by atoms with Crippen LogP contribution in [-0.2, 0) is 4.74 Å². The fraction of sp³-hybridized carbons (Fsp3) is 0.450.